The van der Waals surface area contributed by atoms with Gasteiger partial charge in [0.05, 0.1) is 24.2 Å². The zero-order chi connectivity index (χ0) is 24.2. The Morgan fingerprint density at radius 1 is 0.943 bits per heavy atom. The van der Waals surface area contributed by atoms with Gasteiger partial charge >= 0.3 is 0 Å². The van der Waals surface area contributed by atoms with E-state index < -0.39 is 0 Å². The molecule has 1 N–H and O–H groups in total. The Bertz CT molecular complexity index is 1490. The fourth-order valence-corrected chi connectivity index (χ4v) is 4.43. The first kappa shape index (κ1) is 22.9. The van der Waals surface area contributed by atoms with Crippen LogP contribution in [-0.4, -0.2) is 38.6 Å². The number of carbonyl (C=O) groups excluding carboxylic acids is 1. The Labute approximate surface area is 211 Å². The quantitative estimate of drug-likeness (QED) is 0.282. The van der Waals surface area contributed by atoms with Crippen LogP contribution in [0.4, 0.5) is 5.69 Å². The van der Waals surface area contributed by atoms with Crippen molar-refractivity contribution >= 4 is 40.6 Å². The van der Waals surface area contributed by atoms with Crippen molar-refractivity contribution in [3.05, 3.63) is 90.0 Å². The number of nitrogens with one attached hydrogen (secondary N) is 1. The van der Waals surface area contributed by atoms with Gasteiger partial charge in [-0.1, -0.05) is 78.0 Å². The molecule has 0 bridgehead atoms. The number of carbonyl (C=O) groups is 1. The van der Waals surface area contributed by atoms with Crippen molar-refractivity contribution in [2.24, 2.45) is 0 Å². The van der Waals surface area contributed by atoms with Gasteiger partial charge in [-0.15, -0.1) is 10.2 Å². The highest BCUT2D eigenvalue weighted by atomic mass is 35.5. The van der Waals surface area contributed by atoms with Crippen molar-refractivity contribution in [1.29, 1.82) is 0 Å². The van der Waals surface area contributed by atoms with E-state index in [1.165, 1.54) is 18.9 Å². The van der Waals surface area contributed by atoms with Crippen molar-refractivity contribution in [2.75, 3.05) is 18.2 Å². The summed E-state index contributed by atoms with van der Waals surface area (Å²) < 4.78 is 6.93. The van der Waals surface area contributed by atoms with Gasteiger partial charge in [-0.05, 0) is 41.5 Å². The SMILES string of the molecule is COc1ccc(Cl)cc1NC(=O)CSc1nnc2ccc(-c3ccc(-c4ccccc4)cc3)nn12. The summed E-state index contributed by atoms with van der Waals surface area (Å²) in [7, 11) is 1.54. The zero-order valence-corrected chi connectivity index (χ0v) is 20.3. The van der Waals surface area contributed by atoms with Gasteiger partial charge in [0.15, 0.2) is 5.65 Å². The highest BCUT2D eigenvalue weighted by Gasteiger charge is 2.13. The lowest BCUT2D eigenvalue weighted by Crippen LogP contribution is -2.15. The Balaban J connectivity index is 1.31. The van der Waals surface area contributed by atoms with Crippen LogP contribution in [0.3, 0.4) is 0 Å². The first-order valence-electron chi connectivity index (χ1n) is 10.8. The van der Waals surface area contributed by atoms with E-state index in [-0.39, 0.29) is 11.7 Å². The van der Waals surface area contributed by atoms with E-state index in [1.807, 2.05) is 42.5 Å². The van der Waals surface area contributed by atoms with Crippen LogP contribution < -0.4 is 10.1 Å². The second-order valence-corrected chi connectivity index (χ2v) is 8.97. The number of nitrogens with zero attached hydrogens (tertiary/aromatic N) is 4. The minimum Gasteiger partial charge on any atom is -0.495 e. The van der Waals surface area contributed by atoms with E-state index in [0.29, 0.717) is 27.3 Å². The zero-order valence-electron chi connectivity index (χ0n) is 18.7. The van der Waals surface area contributed by atoms with E-state index in [0.717, 1.165) is 22.4 Å². The number of methoxy groups -OCH3 is 1. The molecule has 9 heteroatoms. The predicted octanol–water partition coefficient (Wildman–Crippen LogP) is 5.85. The molecule has 0 unspecified atom stereocenters. The molecule has 5 rings (SSSR count). The topological polar surface area (TPSA) is 81.4 Å². The molecule has 0 aliphatic heterocycles. The predicted molar refractivity (Wildman–Crippen MR) is 139 cm³/mol. The van der Waals surface area contributed by atoms with Crippen LogP contribution in [0, 0.1) is 0 Å². The number of anilines is 1. The molecule has 5 aromatic rings. The molecule has 7 nitrogen and oxygen atoms in total. The summed E-state index contributed by atoms with van der Waals surface area (Å²) in [5, 5.41) is 16.9. The molecule has 3 aromatic carbocycles. The second-order valence-electron chi connectivity index (χ2n) is 7.60. The Hall–Kier alpha value is -3.88. The molecule has 0 saturated carbocycles. The minimum absolute atomic E-state index is 0.119. The number of rotatable bonds is 7. The molecule has 174 valence electrons. The standard InChI is InChI=1S/C26H20ClN5O2S/c1-34-23-13-11-20(27)15-22(23)28-25(33)16-35-26-30-29-24-14-12-21(31-32(24)26)19-9-7-18(8-10-19)17-5-3-2-4-6-17/h2-15H,16H2,1H3,(H,28,33). The fraction of sp³-hybridized carbons (Fsp3) is 0.0769. The minimum atomic E-state index is -0.222. The lowest BCUT2D eigenvalue weighted by atomic mass is 10.0. The number of fused-ring (bicyclic) bond motifs is 1. The van der Waals surface area contributed by atoms with Crippen LogP contribution in [-0.2, 0) is 4.79 Å². The molecular weight excluding hydrogens is 482 g/mol. The van der Waals surface area contributed by atoms with Crippen molar-refractivity contribution in [1.82, 2.24) is 19.8 Å². The van der Waals surface area contributed by atoms with E-state index >= 15 is 0 Å². The van der Waals surface area contributed by atoms with Crippen LogP contribution >= 0.6 is 23.4 Å². The maximum absolute atomic E-state index is 12.6. The van der Waals surface area contributed by atoms with Gasteiger partial charge in [0.25, 0.3) is 0 Å². The van der Waals surface area contributed by atoms with E-state index in [9.17, 15) is 4.79 Å². The summed E-state index contributed by atoms with van der Waals surface area (Å²) in [5.41, 5.74) is 5.17. The number of hydrogen-bond donors (Lipinski definition) is 1. The highest BCUT2D eigenvalue weighted by molar-refractivity contribution is 7.99. The summed E-state index contributed by atoms with van der Waals surface area (Å²) in [6.45, 7) is 0. The number of ether oxygens (including phenoxy) is 1. The molecule has 0 atom stereocenters. The summed E-state index contributed by atoms with van der Waals surface area (Å²) in [6.07, 6.45) is 0. The molecule has 0 spiro atoms. The lowest BCUT2D eigenvalue weighted by Gasteiger charge is -2.10. The summed E-state index contributed by atoms with van der Waals surface area (Å²) in [6, 6.07) is 27.3. The normalized spacial score (nSPS) is 10.9. The third kappa shape index (κ3) is 5.13. The monoisotopic (exact) mass is 501 g/mol. The number of hydrogen-bond acceptors (Lipinski definition) is 6. The largest absolute Gasteiger partial charge is 0.495 e. The van der Waals surface area contributed by atoms with Gasteiger partial charge in [-0.25, -0.2) is 0 Å². The van der Waals surface area contributed by atoms with Gasteiger partial charge < -0.3 is 10.1 Å². The van der Waals surface area contributed by atoms with Gasteiger partial charge in [0, 0.05) is 10.6 Å². The molecule has 35 heavy (non-hydrogen) atoms. The van der Waals surface area contributed by atoms with Gasteiger partial charge in [0.1, 0.15) is 5.75 Å². The maximum Gasteiger partial charge on any atom is 0.234 e. The molecular formula is C26H20ClN5O2S. The van der Waals surface area contributed by atoms with E-state index in [4.69, 9.17) is 21.4 Å². The number of benzene rings is 3. The van der Waals surface area contributed by atoms with Crippen LogP contribution in [0.25, 0.3) is 28.0 Å². The number of halogens is 1. The van der Waals surface area contributed by atoms with Gasteiger partial charge in [-0.2, -0.15) is 9.61 Å². The molecule has 0 radical (unpaired) electrons. The van der Waals surface area contributed by atoms with Crippen LogP contribution in [0.5, 0.6) is 5.75 Å². The molecule has 0 aliphatic rings. The molecule has 1 amide bonds. The van der Waals surface area contributed by atoms with Crippen molar-refractivity contribution in [3.8, 4) is 28.1 Å². The smallest absolute Gasteiger partial charge is 0.234 e. The molecule has 0 aliphatic carbocycles. The van der Waals surface area contributed by atoms with Gasteiger partial charge in [-0.3, -0.25) is 4.79 Å². The number of amides is 1. The van der Waals surface area contributed by atoms with Crippen molar-refractivity contribution in [2.45, 2.75) is 5.16 Å². The Morgan fingerprint density at radius 2 is 1.69 bits per heavy atom. The number of aromatic nitrogens is 4. The summed E-state index contributed by atoms with van der Waals surface area (Å²) in [5.74, 6) is 0.430. The first-order chi connectivity index (χ1) is 17.1. The second kappa shape index (κ2) is 10.2. The average Bonchev–Trinajstić information content (AvgIpc) is 3.30. The fourth-order valence-electron chi connectivity index (χ4n) is 3.57. The maximum atomic E-state index is 12.6. The molecule has 2 aromatic heterocycles. The lowest BCUT2D eigenvalue weighted by molar-refractivity contribution is -0.113. The van der Waals surface area contributed by atoms with E-state index in [1.54, 1.807) is 22.7 Å². The van der Waals surface area contributed by atoms with E-state index in [2.05, 4.69) is 39.8 Å². The number of thioether (sulfide) groups is 1. The first-order valence-corrected chi connectivity index (χ1v) is 12.1. The molecule has 0 fully saturated rings. The third-order valence-electron chi connectivity index (χ3n) is 5.29. The van der Waals surface area contributed by atoms with Crippen molar-refractivity contribution in [3.63, 3.8) is 0 Å². The Kier molecular flexibility index (Phi) is 6.65. The van der Waals surface area contributed by atoms with Crippen molar-refractivity contribution < 1.29 is 9.53 Å². The van der Waals surface area contributed by atoms with Crippen LogP contribution in [0.2, 0.25) is 5.02 Å². The highest BCUT2D eigenvalue weighted by Crippen LogP contribution is 2.28. The summed E-state index contributed by atoms with van der Waals surface area (Å²) in [4.78, 5) is 12.6. The molecule has 0 saturated heterocycles. The summed E-state index contributed by atoms with van der Waals surface area (Å²) >= 11 is 7.29. The van der Waals surface area contributed by atoms with Gasteiger partial charge in [0.2, 0.25) is 11.1 Å². The molecule has 2 heterocycles. The van der Waals surface area contributed by atoms with Crippen LogP contribution in [0.1, 0.15) is 0 Å². The average molecular weight is 502 g/mol. The third-order valence-corrected chi connectivity index (χ3v) is 6.44. The Morgan fingerprint density at radius 3 is 2.46 bits per heavy atom. The van der Waals surface area contributed by atoms with Crippen LogP contribution in [0.15, 0.2) is 90.1 Å².